The van der Waals surface area contributed by atoms with Gasteiger partial charge in [0.15, 0.2) is 0 Å². The molecule has 0 bridgehead atoms. The van der Waals surface area contributed by atoms with Crippen molar-refractivity contribution in [3.8, 4) is 0 Å². The first kappa shape index (κ1) is 13.4. The first-order chi connectivity index (χ1) is 10.1. The standard InChI is InChI=1S/C21H26/c1-4-15-6-8-17-16(13-15)7-9-19-18(17)11-12-21(3)14(2)5-10-20(19)21/h4,6,8,13,18-20H,1-2,5,7,9-12H2,3H3. The summed E-state index contributed by atoms with van der Waals surface area (Å²) in [5.74, 6) is 2.58. The van der Waals surface area contributed by atoms with Crippen LogP contribution in [-0.2, 0) is 6.42 Å². The quantitative estimate of drug-likeness (QED) is 0.574. The molecule has 3 aliphatic carbocycles. The van der Waals surface area contributed by atoms with Crippen LogP contribution < -0.4 is 0 Å². The summed E-state index contributed by atoms with van der Waals surface area (Å²) in [5, 5.41) is 0. The predicted molar refractivity (Wildman–Crippen MR) is 90.3 cm³/mol. The average Bonchev–Trinajstić information content (AvgIpc) is 2.82. The second-order valence-electron chi connectivity index (χ2n) is 7.68. The largest absolute Gasteiger partial charge is 0.0993 e. The zero-order valence-electron chi connectivity index (χ0n) is 13.2. The molecule has 4 atom stereocenters. The molecule has 0 radical (unpaired) electrons. The van der Waals surface area contributed by atoms with E-state index in [-0.39, 0.29) is 0 Å². The van der Waals surface area contributed by atoms with Gasteiger partial charge in [-0.15, -0.1) is 0 Å². The Kier molecular flexibility index (Phi) is 2.93. The molecule has 4 unspecified atom stereocenters. The highest BCUT2D eigenvalue weighted by Gasteiger charge is 2.51. The van der Waals surface area contributed by atoms with Gasteiger partial charge in [-0.2, -0.15) is 0 Å². The van der Waals surface area contributed by atoms with Crippen LogP contribution in [0, 0.1) is 17.3 Å². The minimum Gasteiger partial charge on any atom is -0.0993 e. The molecule has 2 saturated carbocycles. The highest BCUT2D eigenvalue weighted by molar-refractivity contribution is 5.51. The van der Waals surface area contributed by atoms with Gasteiger partial charge in [-0.1, -0.05) is 49.9 Å². The molecule has 0 heteroatoms. The van der Waals surface area contributed by atoms with Crippen molar-refractivity contribution in [3.63, 3.8) is 0 Å². The van der Waals surface area contributed by atoms with E-state index in [4.69, 9.17) is 0 Å². The Morgan fingerprint density at radius 1 is 1.19 bits per heavy atom. The Hall–Kier alpha value is -1.30. The lowest BCUT2D eigenvalue weighted by molar-refractivity contribution is 0.0817. The maximum atomic E-state index is 4.40. The van der Waals surface area contributed by atoms with Crippen LogP contribution in [0.15, 0.2) is 36.9 Å². The van der Waals surface area contributed by atoms with Crippen molar-refractivity contribution in [2.45, 2.75) is 51.4 Å². The number of aryl methyl sites for hydroxylation is 1. The maximum absolute atomic E-state index is 4.40. The molecule has 21 heavy (non-hydrogen) atoms. The van der Waals surface area contributed by atoms with Crippen molar-refractivity contribution in [1.29, 1.82) is 0 Å². The van der Waals surface area contributed by atoms with Crippen LogP contribution in [0.2, 0.25) is 0 Å². The van der Waals surface area contributed by atoms with Crippen molar-refractivity contribution < 1.29 is 0 Å². The lowest BCUT2D eigenvalue weighted by Gasteiger charge is -2.49. The van der Waals surface area contributed by atoms with Crippen LogP contribution in [-0.4, -0.2) is 0 Å². The molecule has 3 aliphatic rings. The van der Waals surface area contributed by atoms with E-state index in [0.717, 1.165) is 17.8 Å². The molecular weight excluding hydrogens is 252 g/mol. The summed E-state index contributed by atoms with van der Waals surface area (Å²) in [5.41, 5.74) is 6.51. The summed E-state index contributed by atoms with van der Waals surface area (Å²) >= 11 is 0. The molecule has 1 aromatic carbocycles. The molecule has 0 spiro atoms. The molecule has 0 amide bonds. The van der Waals surface area contributed by atoms with E-state index in [1.165, 1.54) is 44.1 Å². The lowest BCUT2D eigenvalue weighted by atomic mass is 9.55. The van der Waals surface area contributed by atoms with Crippen LogP contribution in [0.1, 0.15) is 61.6 Å². The van der Waals surface area contributed by atoms with E-state index in [1.807, 2.05) is 6.08 Å². The van der Waals surface area contributed by atoms with Crippen LogP contribution in [0.5, 0.6) is 0 Å². The summed E-state index contributed by atoms with van der Waals surface area (Å²) in [7, 11) is 0. The molecule has 1 aromatic rings. The Bertz CT molecular complexity index is 608. The zero-order valence-corrected chi connectivity index (χ0v) is 13.2. The van der Waals surface area contributed by atoms with Gasteiger partial charge in [0.25, 0.3) is 0 Å². The fourth-order valence-corrected chi connectivity index (χ4v) is 5.64. The van der Waals surface area contributed by atoms with Gasteiger partial charge in [-0.05, 0) is 78.4 Å². The molecule has 0 nitrogen and oxygen atoms in total. The fraction of sp³-hybridized carbons (Fsp3) is 0.524. The summed E-state index contributed by atoms with van der Waals surface area (Å²) < 4.78 is 0. The third-order valence-corrected chi connectivity index (χ3v) is 6.94. The molecular formula is C21H26. The summed E-state index contributed by atoms with van der Waals surface area (Å²) in [6.45, 7) is 10.8. The number of benzene rings is 1. The van der Waals surface area contributed by atoms with Gasteiger partial charge in [0, 0.05) is 0 Å². The van der Waals surface area contributed by atoms with Gasteiger partial charge in [0.1, 0.15) is 0 Å². The normalized spacial score (nSPS) is 37.6. The zero-order chi connectivity index (χ0) is 14.6. The van der Waals surface area contributed by atoms with Crippen LogP contribution >= 0.6 is 0 Å². The van der Waals surface area contributed by atoms with Gasteiger partial charge in [-0.3, -0.25) is 0 Å². The monoisotopic (exact) mass is 278 g/mol. The fourth-order valence-electron chi connectivity index (χ4n) is 5.64. The summed E-state index contributed by atoms with van der Waals surface area (Å²) in [6, 6.07) is 7.03. The highest BCUT2D eigenvalue weighted by atomic mass is 14.6. The molecule has 0 aromatic heterocycles. The van der Waals surface area contributed by atoms with Crippen LogP contribution in [0.3, 0.4) is 0 Å². The smallest absolute Gasteiger partial charge is 0.00876 e. The first-order valence-corrected chi connectivity index (χ1v) is 8.57. The Morgan fingerprint density at radius 2 is 2.05 bits per heavy atom. The van der Waals surface area contributed by atoms with Gasteiger partial charge < -0.3 is 0 Å². The maximum Gasteiger partial charge on any atom is -0.00876 e. The minimum atomic E-state index is 0.444. The average molecular weight is 278 g/mol. The Morgan fingerprint density at radius 3 is 2.86 bits per heavy atom. The minimum absolute atomic E-state index is 0.444. The van der Waals surface area contributed by atoms with Crippen molar-refractivity contribution in [3.05, 3.63) is 53.6 Å². The molecule has 0 heterocycles. The molecule has 110 valence electrons. The summed E-state index contributed by atoms with van der Waals surface area (Å²) in [4.78, 5) is 0. The molecule has 0 saturated heterocycles. The Balaban J connectivity index is 1.71. The van der Waals surface area contributed by atoms with Crippen LogP contribution in [0.4, 0.5) is 0 Å². The van der Waals surface area contributed by atoms with Crippen molar-refractivity contribution in [2.24, 2.45) is 17.3 Å². The Labute approximate surface area is 129 Å². The van der Waals surface area contributed by atoms with E-state index in [9.17, 15) is 0 Å². The van der Waals surface area contributed by atoms with Gasteiger partial charge in [0.05, 0.1) is 0 Å². The van der Waals surface area contributed by atoms with E-state index in [1.54, 1.807) is 16.7 Å². The molecule has 0 aliphatic heterocycles. The second-order valence-corrected chi connectivity index (χ2v) is 7.68. The van der Waals surface area contributed by atoms with E-state index >= 15 is 0 Å². The summed E-state index contributed by atoms with van der Waals surface area (Å²) in [6.07, 6.45) is 9.98. The van der Waals surface area contributed by atoms with E-state index in [2.05, 4.69) is 38.3 Å². The van der Waals surface area contributed by atoms with Crippen LogP contribution in [0.25, 0.3) is 6.08 Å². The number of hydrogen-bond acceptors (Lipinski definition) is 0. The molecule has 2 fully saturated rings. The third kappa shape index (κ3) is 1.81. The van der Waals surface area contributed by atoms with Gasteiger partial charge >= 0.3 is 0 Å². The molecule has 0 N–H and O–H groups in total. The number of fused-ring (bicyclic) bond motifs is 5. The van der Waals surface area contributed by atoms with Crippen molar-refractivity contribution in [2.75, 3.05) is 0 Å². The number of allylic oxidation sites excluding steroid dienone is 1. The van der Waals surface area contributed by atoms with E-state index in [0.29, 0.717) is 5.41 Å². The van der Waals surface area contributed by atoms with Crippen molar-refractivity contribution in [1.82, 2.24) is 0 Å². The van der Waals surface area contributed by atoms with Gasteiger partial charge in [0.2, 0.25) is 0 Å². The SMILES string of the molecule is C=Cc1ccc2c(c1)CCC1C2CCC2(C)C(=C)CCC12. The predicted octanol–water partition coefficient (Wildman–Crippen LogP) is 5.74. The molecule has 4 rings (SSSR count). The lowest BCUT2D eigenvalue weighted by Crippen LogP contribution is -2.40. The topological polar surface area (TPSA) is 0 Å². The third-order valence-electron chi connectivity index (χ3n) is 6.94. The van der Waals surface area contributed by atoms with E-state index < -0.39 is 0 Å². The second kappa shape index (κ2) is 4.60. The number of rotatable bonds is 1. The number of hydrogen-bond donors (Lipinski definition) is 0. The first-order valence-electron chi connectivity index (χ1n) is 8.57. The van der Waals surface area contributed by atoms with Crippen molar-refractivity contribution >= 4 is 6.08 Å². The van der Waals surface area contributed by atoms with Gasteiger partial charge in [-0.25, -0.2) is 0 Å². The highest BCUT2D eigenvalue weighted by Crippen LogP contribution is 2.62.